The molecule has 0 fully saturated rings. The molecule has 0 spiro atoms. The zero-order chi connectivity index (χ0) is 15.1. The first-order valence-corrected chi connectivity index (χ1v) is 7.91. The predicted octanol–water partition coefficient (Wildman–Crippen LogP) is 3.58. The number of oxazole rings is 1. The van der Waals surface area contributed by atoms with Crippen LogP contribution in [0.5, 0.6) is 0 Å². The van der Waals surface area contributed by atoms with Crippen LogP contribution in [0.1, 0.15) is 17.9 Å². The molecule has 21 heavy (non-hydrogen) atoms. The van der Waals surface area contributed by atoms with Crippen LogP contribution in [0.4, 0.5) is 0 Å². The second-order valence-corrected chi connectivity index (χ2v) is 5.84. The molecule has 1 aromatic heterocycles. The van der Waals surface area contributed by atoms with Crippen LogP contribution in [-0.2, 0) is 11.2 Å². The highest BCUT2D eigenvalue weighted by Gasteiger charge is 2.09. The highest BCUT2D eigenvalue weighted by Crippen LogP contribution is 2.27. The van der Waals surface area contributed by atoms with E-state index in [1.807, 2.05) is 12.3 Å². The molecule has 0 atom stereocenters. The molecular weight excluding hydrogens is 332 g/mol. The van der Waals surface area contributed by atoms with E-state index in [1.54, 1.807) is 7.11 Å². The number of hydrogen-bond donors (Lipinski definition) is 1. The van der Waals surface area contributed by atoms with E-state index in [2.05, 4.69) is 45.3 Å². The molecule has 4 nitrogen and oxygen atoms in total. The molecule has 1 aromatic carbocycles. The highest BCUT2D eigenvalue weighted by molar-refractivity contribution is 9.10. The van der Waals surface area contributed by atoms with Crippen LogP contribution in [0.3, 0.4) is 0 Å². The van der Waals surface area contributed by atoms with E-state index in [0.717, 1.165) is 54.2 Å². The molecule has 0 saturated carbocycles. The van der Waals surface area contributed by atoms with Gasteiger partial charge in [-0.1, -0.05) is 22.0 Å². The lowest BCUT2D eigenvalue weighted by molar-refractivity contribution is 0.199. The van der Waals surface area contributed by atoms with Gasteiger partial charge in [0.2, 0.25) is 0 Å². The Morgan fingerprint density at radius 3 is 3.00 bits per heavy atom. The molecule has 0 saturated heterocycles. The molecule has 0 amide bonds. The second-order valence-electron chi connectivity index (χ2n) is 4.92. The summed E-state index contributed by atoms with van der Waals surface area (Å²) >= 11 is 3.49. The molecule has 0 bridgehead atoms. The van der Waals surface area contributed by atoms with Crippen LogP contribution in [-0.4, -0.2) is 31.8 Å². The molecular formula is C16H21BrN2O2. The fourth-order valence-corrected chi connectivity index (χ4v) is 2.43. The van der Waals surface area contributed by atoms with E-state index in [0.29, 0.717) is 0 Å². The third-order valence-electron chi connectivity index (χ3n) is 3.25. The average Bonchev–Trinajstić information content (AvgIpc) is 2.94. The lowest BCUT2D eigenvalue weighted by Crippen LogP contribution is -2.20. The zero-order valence-corrected chi connectivity index (χ0v) is 14.1. The number of benzene rings is 1. The Morgan fingerprint density at radius 2 is 2.19 bits per heavy atom. The Bertz CT molecular complexity index is 569. The maximum atomic E-state index is 5.85. The Balaban J connectivity index is 1.88. The number of methoxy groups -OCH3 is 1. The number of aromatic nitrogens is 1. The SMILES string of the molecule is COCCNCCCc1ncc(-c2cc(Br)ccc2C)o1. The van der Waals surface area contributed by atoms with Gasteiger partial charge in [-0.15, -0.1) is 0 Å². The van der Waals surface area contributed by atoms with Crippen molar-refractivity contribution in [2.45, 2.75) is 19.8 Å². The van der Waals surface area contributed by atoms with Crippen molar-refractivity contribution in [3.05, 3.63) is 40.3 Å². The van der Waals surface area contributed by atoms with Crippen molar-refractivity contribution < 1.29 is 9.15 Å². The van der Waals surface area contributed by atoms with Crippen molar-refractivity contribution in [1.82, 2.24) is 10.3 Å². The maximum Gasteiger partial charge on any atom is 0.194 e. The molecule has 0 aliphatic carbocycles. The van der Waals surface area contributed by atoms with Gasteiger partial charge in [0.1, 0.15) is 0 Å². The van der Waals surface area contributed by atoms with Crippen LogP contribution in [0.25, 0.3) is 11.3 Å². The highest BCUT2D eigenvalue weighted by atomic mass is 79.9. The van der Waals surface area contributed by atoms with Crippen molar-refractivity contribution in [3.63, 3.8) is 0 Å². The number of nitrogens with one attached hydrogen (secondary N) is 1. The summed E-state index contributed by atoms with van der Waals surface area (Å²) < 4.78 is 11.9. The molecule has 0 unspecified atom stereocenters. The Labute approximate surface area is 134 Å². The summed E-state index contributed by atoms with van der Waals surface area (Å²) in [5.74, 6) is 1.62. The van der Waals surface area contributed by atoms with Gasteiger partial charge in [0.15, 0.2) is 11.7 Å². The number of ether oxygens (including phenoxy) is 1. The minimum absolute atomic E-state index is 0.741. The van der Waals surface area contributed by atoms with Gasteiger partial charge in [-0.3, -0.25) is 0 Å². The summed E-state index contributed by atoms with van der Waals surface area (Å²) in [5, 5.41) is 3.31. The van der Waals surface area contributed by atoms with Crippen LogP contribution in [0, 0.1) is 6.92 Å². The first kappa shape index (κ1) is 16.2. The number of aryl methyl sites for hydroxylation is 2. The molecule has 0 radical (unpaired) electrons. The first-order chi connectivity index (χ1) is 10.2. The van der Waals surface area contributed by atoms with Gasteiger partial charge in [0.05, 0.1) is 12.8 Å². The Morgan fingerprint density at radius 1 is 1.33 bits per heavy atom. The van der Waals surface area contributed by atoms with Crippen molar-refractivity contribution in [2.75, 3.05) is 26.8 Å². The topological polar surface area (TPSA) is 47.3 Å². The van der Waals surface area contributed by atoms with Crippen LogP contribution >= 0.6 is 15.9 Å². The summed E-state index contributed by atoms with van der Waals surface area (Å²) in [7, 11) is 1.71. The summed E-state index contributed by atoms with van der Waals surface area (Å²) in [6.45, 7) is 4.64. The number of hydrogen-bond acceptors (Lipinski definition) is 4. The van der Waals surface area contributed by atoms with Crippen molar-refractivity contribution in [1.29, 1.82) is 0 Å². The van der Waals surface area contributed by atoms with Gasteiger partial charge in [0, 0.05) is 30.1 Å². The average molecular weight is 353 g/mol. The summed E-state index contributed by atoms with van der Waals surface area (Å²) in [4.78, 5) is 4.36. The van der Waals surface area contributed by atoms with E-state index < -0.39 is 0 Å². The second kappa shape index (κ2) is 8.32. The van der Waals surface area contributed by atoms with Gasteiger partial charge in [-0.2, -0.15) is 0 Å². The van der Waals surface area contributed by atoms with Crippen molar-refractivity contribution in [3.8, 4) is 11.3 Å². The van der Waals surface area contributed by atoms with Crippen molar-refractivity contribution in [2.24, 2.45) is 0 Å². The molecule has 1 N–H and O–H groups in total. The largest absolute Gasteiger partial charge is 0.441 e. The van der Waals surface area contributed by atoms with Gasteiger partial charge in [-0.25, -0.2) is 4.98 Å². The minimum atomic E-state index is 0.741. The predicted molar refractivity (Wildman–Crippen MR) is 87.4 cm³/mol. The van der Waals surface area contributed by atoms with E-state index in [9.17, 15) is 0 Å². The third kappa shape index (κ3) is 4.95. The van der Waals surface area contributed by atoms with Crippen LogP contribution in [0.2, 0.25) is 0 Å². The maximum absolute atomic E-state index is 5.85. The van der Waals surface area contributed by atoms with E-state index in [4.69, 9.17) is 9.15 Å². The molecule has 114 valence electrons. The van der Waals surface area contributed by atoms with Crippen LogP contribution < -0.4 is 5.32 Å². The fraction of sp³-hybridized carbons (Fsp3) is 0.438. The van der Waals surface area contributed by atoms with E-state index in [1.165, 1.54) is 5.56 Å². The number of rotatable bonds is 8. The molecule has 2 aromatic rings. The van der Waals surface area contributed by atoms with E-state index in [-0.39, 0.29) is 0 Å². The summed E-state index contributed by atoms with van der Waals surface area (Å²) in [6, 6.07) is 6.16. The lowest BCUT2D eigenvalue weighted by Gasteiger charge is -2.03. The monoisotopic (exact) mass is 352 g/mol. The van der Waals surface area contributed by atoms with Gasteiger partial charge >= 0.3 is 0 Å². The third-order valence-corrected chi connectivity index (χ3v) is 3.74. The molecule has 2 rings (SSSR count). The van der Waals surface area contributed by atoms with Crippen LogP contribution in [0.15, 0.2) is 33.3 Å². The Kier molecular flexibility index (Phi) is 6.42. The quantitative estimate of drug-likeness (QED) is 0.737. The first-order valence-electron chi connectivity index (χ1n) is 7.11. The smallest absolute Gasteiger partial charge is 0.194 e. The number of halogens is 1. The zero-order valence-electron chi connectivity index (χ0n) is 12.5. The van der Waals surface area contributed by atoms with Gasteiger partial charge in [0.25, 0.3) is 0 Å². The van der Waals surface area contributed by atoms with Gasteiger partial charge < -0.3 is 14.5 Å². The normalized spacial score (nSPS) is 11.0. The molecule has 0 aliphatic heterocycles. The summed E-state index contributed by atoms with van der Waals surface area (Å²) in [6.07, 6.45) is 3.65. The van der Waals surface area contributed by atoms with Gasteiger partial charge in [-0.05, 0) is 37.6 Å². The van der Waals surface area contributed by atoms with Crippen molar-refractivity contribution >= 4 is 15.9 Å². The summed E-state index contributed by atoms with van der Waals surface area (Å²) in [5.41, 5.74) is 2.27. The fourth-order valence-electron chi connectivity index (χ4n) is 2.07. The molecule has 1 heterocycles. The lowest BCUT2D eigenvalue weighted by atomic mass is 10.1. The Hall–Kier alpha value is -1.17. The molecule has 5 heteroatoms. The molecule has 0 aliphatic rings. The minimum Gasteiger partial charge on any atom is -0.441 e. The van der Waals surface area contributed by atoms with E-state index >= 15 is 0 Å². The standard InChI is InChI=1S/C16H21BrN2O2/c1-12-5-6-13(17)10-14(12)15-11-19-16(21-15)4-3-7-18-8-9-20-2/h5-6,10-11,18H,3-4,7-9H2,1-2H3. The number of nitrogens with zero attached hydrogens (tertiary/aromatic N) is 1.